The first-order chi connectivity index (χ1) is 12.8. The van der Waals surface area contributed by atoms with Crippen LogP contribution in [0.5, 0.6) is 11.5 Å². The van der Waals surface area contributed by atoms with Crippen LogP contribution in [0.2, 0.25) is 0 Å². The molecule has 2 aromatic carbocycles. The van der Waals surface area contributed by atoms with Gasteiger partial charge < -0.3 is 13.9 Å². The van der Waals surface area contributed by atoms with Crippen LogP contribution in [0.25, 0.3) is 0 Å². The van der Waals surface area contributed by atoms with Crippen LogP contribution in [0.1, 0.15) is 35.6 Å². The smallest absolute Gasteiger partial charge is 0.246 e. The van der Waals surface area contributed by atoms with Crippen molar-refractivity contribution in [1.29, 1.82) is 0 Å². The molecule has 0 saturated heterocycles. The van der Waals surface area contributed by atoms with Gasteiger partial charge in [-0.25, -0.2) is 5.01 Å². The van der Waals surface area contributed by atoms with Crippen LogP contribution in [0.15, 0.2) is 76.4 Å². The number of furan rings is 1. The van der Waals surface area contributed by atoms with Gasteiger partial charge in [0.2, 0.25) is 6.23 Å². The molecule has 5 heteroatoms. The summed E-state index contributed by atoms with van der Waals surface area (Å²) in [5.41, 5.74) is 3.26. The minimum Gasteiger partial charge on any atom is -0.493 e. The lowest BCUT2D eigenvalue weighted by atomic mass is 9.96. The quantitative estimate of drug-likeness (QED) is 0.699. The zero-order valence-electron chi connectivity index (χ0n) is 14.3. The molecule has 26 heavy (non-hydrogen) atoms. The summed E-state index contributed by atoms with van der Waals surface area (Å²) in [6.45, 7) is 0. The fraction of sp³-hybridized carbons (Fsp3) is 0.190. The predicted molar refractivity (Wildman–Crippen MR) is 97.2 cm³/mol. The number of methoxy groups -OCH3 is 1. The Labute approximate surface area is 151 Å². The summed E-state index contributed by atoms with van der Waals surface area (Å²) in [6.07, 6.45) is 2.05. The second-order valence-electron chi connectivity index (χ2n) is 6.38. The van der Waals surface area contributed by atoms with Gasteiger partial charge in [-0.15, -0.1) is 0 Å². The fourth-order valence-corrected chi connectivity index (χ4v) is 3.67. The van der Waals surface area contributed by atoms with E-state index in [2.05, 4.69) is 18.2 Å². The molecule has 2 aliphatic heterocycles. The van der Waals surface area contributed by atoms with Crippen molar-refractivity contribution < 1.29 is 13.9 Å². The molecule has 0 unspecified atom stereocenters. The number of ether oxygens (including phenoxy) is 2. The van der Waals surface area contributed by atoms with Crippen LogP contribution in [-0.2, 0) is 0 Å². The molecule has 3 heterocycles. The van der Waals surface area contributed by atoms with Crippen molar-refractivity contribution in [2.45, 2.75) is 18.7 Å². The molecule has 2 aliphatic rings. The highest BCUT2D eigenvalue weighted by molar-refractivity contribution is 6.01. The van der Waals surface area contributed by atoms with Crippen LogP contribution in [0.3, 0.4) is 0 Å². The van der Waals surface area contributed by atoms with E-state index in [-0.39, 0.29) is 6.04 Å². The minimum absolute atomic E-state index is 0.0826. The van der Waals surface area contributed by atoms with E-state index in [0.29, 0.717) is 0 Å². The largest absolute Gasteiger partial charge is 0.493 e. The van der Waals surface area contributed by atoms with Crippen molar-refractivity contribution in [3.63, 3.8) is 0 Å². The van der Waals surface area contributed by atoms with Crippen LogP contribution >= 0.6 is 0 Å². The number of fused-ring (bicyclic) bond motifs is 3. The van der Waals surface area contributed by atoms with E-state index < -0.39 is 6.23 Å². The standard InChI is InChI=1S/C21H18N2O3/c1-24-18-10-5-9-15-17-13-16(14-7-3-2-4-8-14)22-23(17)21(26-20(15)18)19-11-6-12-25-19/h2-12,17,21H,13H2,1H3/t17-,21-/m0/s1. The summed E-state index contributed by atoms with van der Waals surface area (Å²) in [5.74, 6) is 2.22. The number of hydrazone groups is 1. The zero-order valence-corrected chi connectivity index (χ0v) is 14.3. The van der Waals surface area contributed by atoms with Gasteiger partial charge in [-0.3, -0.25) is 0 Å². The van der Waals surface area contributed by atoms with Crippen molar-refractivity contribution in [2.24, 2.45) is 5.10 Å². The molecule has 0 radical (unpaired) electrons. The van der Waals surface area contributed by atoms with Crippen molar-refractivity contribution in [1.82, 2.24) is 5.01 Å². The average Bonchev–Trinajstić information content (AvgIpc) is 3.37. The predicted octanol–water partition coefficient (Wildman–Crippen LogP) is 4.53. The second kappa shape index (κ2) is 5.95. The van der Waals surface area contributed by atoms with Gasteiger partial charge in [0.1, 0.15) is 0 Å². The molecular weight excluding hydrogens is 328 g/mol. The van der Waals surface area contributed by atoms with Crippen LogP contribution in [0, 0.1) is 0 Å². The van der Waals surface area contributed by atoms with E-state index in [9.17, 15) is 0 Å². The summed E-state index contributed by atoms with van der Waals surface area (Å²) in [7, 11) is 1.66. The van der Waals surface area contributed by atoms with Crippen LogP contribution < -0.4 is 9.47 Å². The van der Waals surface area contributed by atoms with Crippen LogP contribution in [-0.4, -0.2) is 17.8 Å². The van der Waals surface area contributed by atoms with E-state index in [4.69, 9.17) is 19.0 Å². The van der Waals surface area contributed by atoms with Gasteiger partial charge in [-0.2, -0.15) is 5.10 Å². The van der Waals surface area contributed by atoms with Crippen molar-refractivity contribution in [3.05, 3.63) is 83.8 Å². The molecule has 3 aromatic rings. The van der Waals surface area contributed by atoms with E-state index in [1.165, 1.54) is 0 Å². The lowest BCUT2D eigenvalue weighted by Gasteiger charge is -2.37. The summed E-state index contributed by atoms with van der Waals surface area (Å²) in [5, 5.41) is 6.90. The normalized spacial score (nSPS) is 20.8. The Hall–Kier alpha value is -3.21. The van der Waals surface area contributed by atoms with Crippen LogP contribution in [0.4, 0.5) is 0 Å². The summed E-state index contributed by atoms with van der Waals surface area (Å²) in [4.78, 5) is 0. The van der Waals surface area contributed by atoms with Gasteiger partial charge >= 0.3 is 0 Å². The zero-order chi connectivity index (χ0) is 17.5. The molecule has 0 fully saturated rings. The van der Waals surface area contributed by atoms with Gasteiger partial charge in [-0.05, 0) is 23.8 Å². The Kier molecular flexibility index (Phi) is 3.45. The molecule has 0 N–H and O–H groups in total. The highest BCUT2D eigenvalue weighted by atomic mass is 16.5. The highest BCUT2D eigenvalue weighted by Gasteiger charge is 2.43. The first-order valence-electron chi connectivity index (χ1n) is 8.63. The molecule has 130 valence electrons. The Morgan fingerprint density at radius 3 is 2.69 bits per heavy atom. The number of para-hydroxylation sites is 1. The number of nitrogens with zero attached hydrogens (tertiary/aromatic N) is 2. The van der Waals surface area contributed by atoms with E-state index >= 15 is 0 Å². The molecular formula is C21H18N2O3. The fourth-order valence-electron chi connectivity index (χ4n) is 3.67. The second-order valence-corrected chi connectivity index (χ2v) is 6.38. The van der Waals surface area contributed by atoms with Gasteiger partial charge in [0.15, 0.2) is 17.3 Å². The molecule has 2 atom stereocenters. The SMILES string of the molecule is COc1cccc2c1O[C@@H](c1ccco1)N1N=C(c3ccccc3)C[C@@H]21. The molecule has 0 bridgehead atoms. The third-order valence-electron chi connectivity index (χ3n) is 4.89. The maximum atomic E-state index is 6.30. The number of benzene rings is 2. The van der Waals surface area contributed by atoms with Crippen molar-refractivity contribution >= 4 is 5.71 Å². The first-order valence-corrected chi connectivity index (χ1v) is 8.63. The van der Waals surface area contributed by atoms with Gasteiger partial charge in [-0.1, -0.05) is 42.5 Å². The van der Waals surface area contributed by atoms with E-state index in [0.717, 1.165) is 40.5 Å². The number of hydrogen-bond donors (Lipinski definition) is 0. The maximum Gasteiger partial charge on any atom is 0.246 e. The minimum atomic E-state index is -0.417. The summed E-state index contributed by atoms with van der Waals surface area (Å²) in [6, 6.07) is 20.1. The third kappa shape index (κ3) is 2.28. The average molecular weight is 346 g/mol. The Balaban J connectivity index is 1.62. The summed E-state index contributed by atoms with van der Waals surface area (Å²) < 4.78 is 17.5. The highest BCUT2D eigenvalue weighted by Crippen LogP contribution is 2.50. The molecule has 0 saturated carbocycles. The van der Waals surface area contributed by atoms with E-state index in [1.807, 2.05) is 47.5 Å². The molecule has 5 nitrogen and oxygen atoms in total. The number of hydrogen-bond acceptors (Lipinski definition) is 5. The van der Waals surface area contributed by atoms with Gasteiger partial charge in [0.05, 0.1) is 25.1 Å². The van der Waals surface area contributed by atoms with Crippen molar-refractivity contribution in [3.8, 4) is 11.5 Å². The van der Waals surface area contributed by atoms with Crippen molar-refractivity contribution in [2.75, 3.05) is 7.11 Å². The Morgan fingerprint density at radius 2 is 1.92 bits per heavy atom. The maximum absolute atomic E-state index is 6.30. The molecule has 0 aliphatic carbocycles. The topological polar surface area (TPSA) is 47.2 Å². The number of rotatable bonds is 3. The third-order valence-corrected chi connectivity index (χ3v) is 4.89. The van der Waals surface area contributed by atoms with Gasteiger partial charge in [0, 0.05) is 12.0 Å². The monoisotopic (exact) mass is 346 g/mol. The lowest BCUT2D eigenvalue weighted by Crippen LogP contribution is -2.33. The molecule has 0 spiro atoms. The lowest BCUT2D eigenvalue weighted by molar-refractivity contribution is -0.0342. The first kappa shape index (κ1) is 15.1. The molecule has 5 rings (SSSR count). The van der Waals surface area contributed by atoms with E-state index in [1.54, 1.807) is 13.4 Å². The summed E-state index contributed by atoms with van der Waals surface area (Å²) >= 11 is 0. The molecule has 1 aromatic heterocycles. The Bertz CT molecular complexity index is 951. The van der Waals surface area contributed by atoms with Gasteiger partial charge in [0.25, 0.3) is 0 Å². The molecule has 0 amide bonds. The Morgan fingerprint density at radius 1 is 1.04 bits per heavy atom.